The fraction of sp³-hybridized carbons (Fsp3) is 0.368. The van der Waals surface area contributed by atoms with E-state index in [0.717, 1.165) is 24.3 Å². The highest BCUT2D eigenvalue weighted by molar-refractivity contribution is 5.33. The van der Waals surface area contributed by atoms with Crippen molar-refractivity contribution in [3.63, 3.8) is 0 Å². The highest BCUT2D eigenvalue weighted by Gasteiger charge is 2.21. The molecule has 1 unspecified atom stereocenters. The topological polar surface area (TPSA) is 29.5 Å². The number of para-hydroxylation sites is 1. The molecule has 2 nitrogen and oxygen atoms in total. The van der Waals surface area contributed by atoms with Crippen molar-refractivity contribution in [2.24, 2.45) is 5.41 Å². The molecule has 0 amide bonds. The first-order valence-corrected chi connectivity index (χ1v) is 7.45. The molecule has 2 heteroatoms. The van der Waals surface area contributed by atoms with Gasteiger partial charge in [-0.3, -0.25) is 0 Å². The van der Waals surface area contributed by atoms with Gasteiger partial charge < -0.3 is 9.84 Å². The molecular formula is C19H24O2. The lowest BCUT2D eigenvalue weighted by molar-refractivity contribution is 0.0560. The zero-order valence-corrected chi connectivity index (χ0v) is 13.0. The summed E-state index contributed by atoms with van der Waals surface area (Å²) in [5.41, 5.74) is 1.12. The van der Waals surface area contributed by atoms with Crippen molar-refractivity contribution in [1.29, 1.82) is 0 Å². The molecule has 1 N–H and O–H groups in total. The van der Waals surface area contributed by atoms with Gasteiger partial charge in [0.05, 0.1) is 6.10 Å². The van der Waals surface area contributed by atoms with E-state index in [1.54, 1.807) is 0 Å². The molecule has 2 aromatic carbocycles. The van der Waals surface area contributed by atoms with E-state index in [4.69, 9.17) is 4.74 Å². The average molecular weight is 284 g/mol. The van der Waals surface area contributed by atoms with Gasteiger partial charge in [-0.1, -0.05) is 51.1 Å². The quantitative estimate of drug-likeness (QED) is 0.853. The standard InChI is InChI=1S/C19H24O2/c1-19(2,3)18(20)13-12-15-8-7-11-17(14-15)21-16-9-5-4-6-10-16/h4-11,14,18,20H,12-13H2,1-3H3. The van der Waals surface area contributed by atoms with E-state index < -0.39 is 0 Å². The number of aliphatic hydroxyl groups excluding tert-OH is 1. The Bertz CT molecular complexity index is 555. The molecular weight excluding hydrogens is 260 g/mol. The van der Waals surface area contributed by atoms with Crippen LogP contribution in [0.3, 0.4) is 0 Å². The zero-order chi connectivity index (χ0) is 15.3. The van der Waals surface area contributed by atoms with Crippen molar-refractivity contribution >= 4 is 0 Å². The summed E-state index contributed by atoms with van der Waals surface area (Å²) in [6, 6.07) is 17.8. The summed E-state index contributed by atoms with van der Waals surface area (Å²) in [4.78, 5) is 0. The van der Waals surface area contributed by atoms with Crippen LogP contribution < -0.4 is 4.74 Å². The normalized spacial score (nSPS) is 13.0. The van der Waals surface area contributed by atoms with Gasteiger partial charge in [0.15, 0.2) is 0 Å². The minimum Gasteiger partial charge on any atom is -0.457 e. The van der Waals surface area contributed by atoms with Crippen LogP contribution >= 0.6 is 0 Å². The maximum absolute atomic E-state index is 10.1. The fourth-order valence-corrected chi connectivity index (χ4v) is 2.13. The molecule has 0 spiro atoms. The summed E-state index contributed by atoms with van der Waals surface area (Å²) in [5.74, 6) is 1.67. The number of hydrogen-bond donors (Lipinski definition) is 1. The van der Waals surface area contributed by atoms with Crippen LogP contribution in [-0.2, 0) is 6.42 Å². The second kappa shape index (κ2) is 6.77. The van der Waals surface area contributed by atoms with Gasteiger partial charge in [-0.15, -0.1) is 0 Å². The van der Waals surface area contributed by atoms with E-state index in [1.807, 2.05) is 48.5 Å². The van der Waals surface area contributed by atoms with Crippen LogP contribution in [0.15, 0.2) is 54.6 Å². The van der Waals surface area contributed by atoms with Gasteiger partial charge in [0.25, 0.3) is 0 Å². The first kappa shape index (κ1) is 15.6. The molecule has 0 aliphatic rings. The summed E-state index contributed by atoms with van der Waals surface area (Å²) >= 11 is 0. The van der Waals surface area contributed by atoms with Crippen LogP contribution in [0, 0.1) is 5.41 Å². The molecule has 0 radical (unpaired) electrons. The zero-order valence-electron chi connectivity index (χ0n) is 13.0. The number of hydrogen-bond acceptors (Lipinski definition) is 2. The number of benzene rings is 2. The van der Waals surface area contributed by atoms with Crippen LogP contribution in [0.5, 0.6) is 11.5 Å². The minimum atomic E-state index is -0.295. The Morgan fingerprint density at radius 3 is 2.29 bits per heavy atom. The Kier molecular flexibility index (Phi) is 5.03. The summed E-state index contributed by atoms with van der Waals surface area (Å²) in [6.07, 6.45) is 1.32. The van der Waals surface area contributed by atoms with Gasteiger partial charge in [-0.2, -0.15) is 0 Å². The van der Waals surface area contributed by atoms with E-state index >= 15 is 0 Å². The van der Waals surface area contributed by atoms with Crippen molar-refractivity contribution in [2.75, 3.05) is 0 Å². The first-order valence-electron chi connectivity index (χ1n) is 7.45. The van der Waals surface area contributed by atoms with Gasteiger partial charge in [-0.05, 0) is 48.1 Å². The minimum absolute atomic E-state index is 0.0713. The van der Waals surface area contributed by atoms with E-state index in [9.17, 15) is 5.11 Å². The van der Waals surface area contributed by atoms with Crippen LogP contribution in [0.1, 0.15) is 32.8 Å². The Morgan fingerprint density at radius 1 is 0.952 bits per heavy atom. The molecule has 0 aliphatic heterocycles. The third kappa shape index (κ3) is 4.91. The third-order valence-corrected chi connectivity index (χ3v) is 3.58. The molecule has 0 aromatic heterocycles. The molecule has 0 saturated heterocycles. The Morgan fingerprint density at radius 2 is 1.62 bits per heavy atom. The third-order valence-electron chi connectivity index (χ3n) is 3.58. The van der Waals surface area contributed by atoms with Crippen molar-refractivity contribution < 1.29 is 9.84 Å². The molecule has 0 fully saturated rings. The SMILES string of the molecule is CC(C)(C)C(O)CCc1cccc(Oc2ccccc2)c1. The smallest absolute Gasteiger partial charge is 0.127 e. The van der Waals surface area contributed by atoms with Crippen LogP contribution in [0.2, 0.25) is 0 Å². The van der Waals surface area contributed by atoms with Crippen molar-refractivity contribution in [1.82, 2.24) is 0 Å². The van der Waals surface area contributed by atoms with Crippen molar-refractivity contribution in [3.05, 3.63) is 60.2 Å². The lowest BCUT2D eigenvalue weighted by Crippen LogP contribution is -2.26. The molecule has 0 saturated carbocycles. The Labute approximate surface area is 127 Å². The number of aryl methyl sites for hydroxylation is 1. The van der Waals surface area contributed by atoms with Crippen LogP contribution in [-0.4, -0.2) is 11.2 Å². The summed E-state index contributed by atoms with van der Waals surface area (Å²) in [7, 11) is 0. The maximum Gasteiger partial charge on any atom is 0.127 e. The second-order valence-corrected chi connectivity index (χ2v) is 6.48. The predicted octanol–water partition coefficient (Wildman–Crippen LogP) is 4.82. The predicted molar refractivity (Wildman–Crippen MR) is 86.7 cm³/mol. The monoisotopic (exact) mass is 284 g/mol. The number of ether oxygens (including phenoxy) is 1. The largest absolute Gasteiger partial charge is 0.457 e. The molecule has 0 bridgehead atoms. The fourth-order valence-electron chi connectivity index (χ4n) is 2.13. The van der Waals surface area contributed by atoms with Crippen LogP contribution in [0.25, 0.3) is 0 Å². The van der Waals surface area contributed by atoms with E-state index in [1.165, 1.54) is 5.56 Å². The molecule has 112 valence electrons. The van der Waals surface area contributed by atoms with Crippen LogP contribution in [0.4, 0.5) is 0 Å². The number of aliphatic hydroxyl groups is 1. The highest BCUT2D eigenvalue weighted by Crippen LogP contribution is 2.25. The summed E-state index contributed by atoms with van der Waals surface area (Å²) in [5, 5.41) is 10.1. The molecule has 0 aliphatic carbocycles. The molecule has 2 rings (SSSR count). The van der Waals surface area contributed by atoms with Gasteiger partial charge in [0.2, 0.25) is 0 Å². The molecule has 21 heavy (non-hydrogen) atoms. The van der Waals surface area contributed by atoms with Crippen molar-refractivity contribution in [2.45, 2.75) is 39.7 Å². The van der Waals surface area contributed by atoms with Gasteiger partial charge in [0.1, 0.15) is 11.5 Å². The summed E-state index contributed by atoms with van der Waals surface area (Å²) < 4.78 is 5.83. The van der Waals surface area contributed by atoms with Gasteiger partial charge in [0, 0.05) is 0 Å². The maximum atomic E-state index is 10.1. The van der Waals surface area contributed by atoms with E-state index in [2.05, 4.69) is 26.8 Å². The molecule has 0 heterocycles. The first-order chi connectivity index (χ1) is 9.95. The lowest BCUT2D eigenvalue weighted by Gasteiger charge is -2.25. The van der Waals surface area contributed by atoms with E-state index in [-0.39, 0.29) is 11.5 Å². The lowest BCUT2D eigenvalue weighted by atomic mass is 9.86. The molecule has 2 aromatic rings. The average Bonchev–Trinajstić information content (AvgIpc) is 2.45. The van der Waals surface area contributed by atoms with Gasteiger partial charge in [-0.25, -0.2) is 0 Å². The van der Waals surface area contributed by atoms with E-state index in [0.29, 0.717) is 0 Å². The van der Waals surface area contributed by atoms with Gasteiger partial charge >= 0.3 is 0 Å². The Hall–Kier alpha value is -1.80. The summed E-state index contributed by atoms with van der Waals surface area (Å²) in [6.45, 7) is 6.19. The Balaban J connectivity index is 1.98. The highest BCUT2D eigenvalue weighted by atomic mass is 16.5. The van der Waals surface area contributed by atoms with Crippen molar-refractivity contribution in [3.8, 4) is 11.5 Å². The number of rotatable bonds is 5. The molecule has 1 atom stereocenters. The second-order valence-electron chi connectivity index (χ2n) is 6.48.